The summed E-state index contributed by atoms with van der Waals surface area (Å²) >= 11 is 1.44. The van der Waals surface area contributed by atoms with E-state index in [1.807, 2.05) is 6.92 Å². The zero-order chi connectivity index (χ0) is 12.0. The van der Waals surface area contributed by atoms with Crippen molar-refractivity contribution in [2.75, 3.05) is 0 Å². The van der Waals surface area contributed by atoms with Crippen LogP contribution in [0.25, 0.3) is 16.0 Å². The van der Waals surface area contributed by atoms with Crippen LogP contribution < -0.4 is 0 Å². The molecule has 0 fully saturated rings. The molecule has 3 nitrogen and oxygen atoms in total. The first kappa shape index (κ1) is 10.3. The van der Waals surface area contributed by atoms with E-state index in [9.17, 15) is 9.50 Å². The van der Waals surface area contributed by atoms with Crippen molar-refractivity contribution in [3.63, 3.8) is 0 Å². The van der Waals surface area contributed by atoms with Crippen LogP contribution in [-0.2, 0) is 0 Å². The van der Waals surface area contributed by atoms with Crippen molar-refractivity contribution in [1.82, 2.24) is 9.55 Å². The van der Waals surface area contributed by atoms with Gasteiger partial charge in [0.15, 0.2) is 0 Å². The first-order valence-electron chi connectivity index (χ1n) is 5.07. The fraction of sp³-hybridized carbons (Fsp3) is 0.0833. The summed E-state index contributed by atoms with van der Waals surface area (Å²) in [5.41, 5.74) is 1.43. The van der Waals surface area contributed by atoms with Crippen LogP contribution in [-0.4, -0.2) is 14.7 Å². The fourth-order valence-corrected chi connectivity index (χ4v) is 2.62. The molecule has 0 saturated carbocycles. The number of nitrogens with zero attached hydrogens (tertiary/aromatic N) is 2. The predicted molar refractivity (Wildman–Crippen MR) is 65.3 cm³/mol. The SMILES string of the molecule is Cc1sc(-n2cnc3ccc(F)cc32)cc1O. The van der Waals surface area contributed by atoms with Gasteiger partial charge in [-0.2, -0.15) is 0 Å². The standard InChI is InChI=1S/C12H9FN2OS/c1-7-11(16)5-12(17-7)15-6-14-9-3-2-8(13)4-10(9)15/h2-6,16H,1H3. The summed E-state index contributed by atoms with van der Waals surface area (Å²) in [6, 6.07) is 6.12. The highest BCUT2D eigenvalue weighted by Crippen LogP contribution is 2.31. The Bertz CT molecular complexity index is 682. The number of imidazole rings is 1. The minimum atomic E-state index is -0.295. The van der Waals surface area contributed by atoms with E-state index in [0.29, 0.717) is 5.52 Å². The van der Waals surface area contributed by atoms with E-state index in [4.69, 9.17) is 0 Å². The van der Waals surface area contributed by atoms with Gasteiger partial charge in [-0.3, -0.25) is 4.57 Å². The highest BCUT2D eigenvalue weighted by atomic mass is 32.1. The Morgan fingerprint density at radius 3 is 2.88 bits per heavy atom. The van der Waals surface area contributed by atoms with E-state index in [1.165, 1.54) is 23.5 Å². The lowest BCUT2D eigenvalue weighted by Crippen LogP contribution is -1.87. The molecule has 1 N–H and O–H groups in total. The van der Waals surface area contributed by atoms with Gasteiger partial charge in [-0.05, 0) is 19.1 Å². The van der Waals surface area contributed by atoms with Gasteiger partial charge in [0, 0.05) is 17.0 Å². The number of hydrogen-bond acceptors (Lipinski definition) is 3. The molecule has 0 atom stereocenters. The van der Waals surface area contributed by atoms with Gasteiger partial charge in [0.25, 0.3) is 0 Å². The van der Waals surface area contributed by atoms with Gasteiger partial charge >= 0.3 is 0 Å². The zero-order valence-electron chi connectivity index (χ0n) is 9.01. The molecular formula is C12H9FN2OS. The smallest absolute Gasteiger partial charge is 0.131 e. The van der Waals surface area contributed by atoms with E-state index < -0.39 is 0 Å². The summed E-state index contributed by atoms with van der Waals surface area (Å²) in [6.45, 7) is 1.84. The van der Waals surface area contributed by atoms with Crippen LogP contribution in [0.1, 0.15) is 4.88 Å². The van der Waals surface area contributed by atoms with Crippen molar-refractivity contribution in [2.24, 2.45) is 0 Å². The Kier molecular flexibility index (Phi) is 2.16. The predicted octanol–water partition coefficient (Wildman–Crippen LogP) is 3.24. The Balaban J connectivity index is 2.26. The van der Waals surface area contributed by atoms with Gasteiger partial charge in [-0.25, -0.2) is 9.37 Å². The summed E-state index contributed by atoms with van der Waals surface area (Å²) in [5.74, 6) is -0.0417. The monoisotopic (exact) mass is 248 g/mol. The normalized spacial score (nSPS) is 11.2. The second-order valence-electron chi connectivity index (χ2n) is 3.77. The molecule has 2 heterocycles. The lowest BCUT2D eigenvalue weighted by molar-refractivity contribution is 0.474. The van der Waals surface area contributed by atoms with Crippen LogP contribution in [0.5, 0.6) is 5.75 Å². The minimum Gasteiger partial charge on any atom is -0.507 e. The molecule has 17 heavy (non-hydrogen) atoms. The number of benzene rings is 1. The van der Waals surface area contributed by atoms with Gasteiger partial charge in [0.1, 0.15) is 22.9 Å². The third-order valence-corrected chi connectivity index (χ3v) is 3.66. The van der Waals surface area contributed by atoms with Crippen LogP contribution in [0.4, 0.5) is 4.39 Å². The van der Waals surface area contributed by atoms with E-state index in [1.54, 1.807) is 23.0 Å². The molecule has 0 aliphatic rings. The van der Waals surface area contributed by atoms with Crippen molar-refractivity contribution < 1.29 is 9.50 Å². The number of rotatable bonds is 1. The Morgan fingerprint density at radius 1 is 1.35 bits per heavy atom. The van der Waals surface area contributed by atoms with Gasteiger partial charge < -0.3 is 5.11 Å². The molecule has 2 aromatic heterocycles. The van der Waals surface area contributed by atoms with Crippen LogP contribution in [0.2, 0.25) is 0 Å². The Labute approximate surface area is 101 Å². The quantitative estimate of drug-likeness (QED) is 0.718. The topological polar surface area (TPSA) is 38.0 Å². The average molecular weight is 248 g/mol. The lowest BCUT2D eigenvalue weighted by Gasteiger charge is -1.99. The number of aromatic hydroxyl groups is 1. The summed E-state index contributed by atoms with van der Waals surface area (Å²) in [6.07, 6.45) is 1.63. The van der Waals surface area contributed by atoms with E-state index in [0.717, 1.165) is 15.4 Å². The molecule has 0 aliphatic heterocycles. The number of aryl methyl sites for hydroxylation is 1. The van der Waals surface area contributed by atoms with Crippen molar-refractivity contribution >= 4 is 22.4 Å². The van der Waals surface area contributed by atoms with Crippen molar-refractivity contribution in [2.45, 2.75) is 6.92 Å². The fourth-order valence-electron chi connectivity index (χ4n) is 1.73. The number of aromatic nitrogens is 2. The highest BCUT2D eigenvalue weighted by Gasteiger charge is 2.10. The molecule has 0 saturated heterocycles. The summed E-state index contributed by atoms with van der Waals surface area (Å²) in [4.78, 5) is 5.03. The Morgan fingerprint density at radius 2 is 2.18 bits per heavy atom. The molecule has 0 radical (unpaired) electrons. The van der Waals surface area contributed by atoms with Crippen molar-refractivity contribution in [3.05, 3.63) is 41.3 Å². The largest absolute Gasteiger partial charge is 0.507 e. The van der Waals surface area contributed by atoms with E-state index in [-0.39, 0.29) is 11.6 Å². The molecule has 86 valence electrons. The molecule has 0 aliphatic carbocycles. The number of hydrogen-bond donors (Lipinski definition) is 1. The first-order chi connectivity index (χ1) is 8.15. The third-order valence-electron chi connectivity index (χ3n) is 2.63. The molecule has 3 rings (SSSR count). The number of halogens is 1. The second-order valence-corrected chi connectivity index (χ2v) is 5.01. The summed E-state index contributed by atoms with van der Waals surface area (Å²) in [7, 11) is 0. The van der Waals surface area contributed by atoms with Crippen LogP contribution in [0.3, 0.4) is 0 Å². The van der Waals surface area contributed by atoms with Gasteiger partial charge in [-0.15, -0.1) is 11.3 Å². The lowest BCUT2D eigenvalue weighted by atomic mass is 10.3. The maximum absolute atomic E-state index is 13.2. The number of fused-ring (bicyclic) bond motifs is 1. The van der Waals surface area contributed by atoms with Crippen LogP contribution >= 0.6 is 11.3 Å². The maximum atomic E-state index is 13.2. The summed E-state index contributed by atoms with van der Waals surface area (Å²) < 4.78 is 15.0. The van der Waals surface area contributed by atoms with Crippen molar-refractivity contribution in [3.8, 4) is 10.8 Å². The minimum absolute atomic E-state index is 0.253. The molecule has 0 bridgehead atoms. The molecular weight excluding hydrogens is 239 g/mol. The van der Waals surface area contributed by atoms with Gasteiger partial charge in [-0.1, -0.05) is 0 Å². The molecule has 0 spiro atoms. The molecule has 0 amide bonds. The van der Waals surface area contributed by atoms with Gasteiger partial charge in [0.2, 0.25) is 0 Å². The van der Waals surface area contributed by atoms with Crippen LogP contribution in [0.15, 0.2) is 30.6 Å². The maximum Gasteiger partial charge on any atom is 0.131 e. The van der Waals surface area contributed by atoms with E-state index in [2.05, 4.69) is 4.98 Å². The second kappa shape index (κ2) is 3.56. The van der Waals surface area contributed by atoms with Gasteiger partial charge in [0.05, 0.1) is 11.0 Å². The molecule has 0 unspecified atom stereocenters. The molecule has 1 aromatic carbocycles. The first-order valence-corrected chi connectivity index (χ1v) is 5.89. The zero-order valence-corrected chi connectivity index (χ0v) is 9.83. The number of thiophene rings is 1. The third kappa shape index (κ3) is 1.59. The summed E-state index contributed by atoms with van der Waals surface area (Å²) in [5, 5.41) is 10.4. The van der Waals surface area contributed by atoms with Crippen LogP contribution in [0, 0.1) is 12.7 Å². The highest BCUT2D eigenvalue weighted by molar-refractivity contribution is 7.14. The average Bonchev–Trinajstić information content (AvgIpc) is 2.83. The Hall–Kier alpha value is -1.88. The van der Waals surface area contributed by atoms with Crippen molar-refractivity contribution in [1.29, 1.82) is 0 Å². The van der Waals surface area contributed by atoms with E-state index >= 15 is 0 Å². The molecule has 3 aromatic rings. The molecule has 5 heteroatoms.